The number of aromatic nitrogens is 3. The Kier molecular flexibility index (Phi) is 9.03. The molecule has 0 unspecified atom stereocenters. The molecule has 14 heteroatoms. The maximum Gasteiger partial charge on any atom is 0.437 e. The van der Waals surface area contributed by atoms with Crippen molar-refractivity contribution in [2.75, 3.05) is 43.4 Å². The third-order valence-electron chi connectivity index (χ3n) is 7.32. The monoisotopic (exact) mass is 582 g/mol. The number of carbonyl (C=O) groups is 2. The van der Waals surface area contributed by atoms with E-state index in [1.54, 1.807) is 29.7 Å². The second kappa shape index (κ2) is 12.1. The first-order valence-corrected chi connectivity index (χ1v) is 13.7. The van der Waals surface area contributed by atoms with Crippen molar-refractivity contribution in [2.45, 2.75) is 64.3 Å². The summed E-state index contributed by atoms with van der Waals surface area (Å²) in [5.41, 5.74) is 4.69. The van der Waals surface area contributed by atoms with Gasteiger partial charge in [0.05, 0.1) is 11.8 Å². The molecule has 0 aliphatic carbocycles. The fourth-order valence-corrected chi connectivity index (χ4v) is 5.51. The number of pyridine rings is 1. The molecule has 2 fully saturated rings. The third kappa shape index (κ3) is 6.57. The van der Waals surface area contributed by atoms with Crippen LogP contribution in [0, 0.1) is 0 Å². The normalized spacial score (nSPS) is 19.2. The Morgan fingerprint density at radius 1 is 1.15 bits per heavy atom. The smallest absolute Gasteiger partial charge is 0.383 e. The van der Waals surface area contributed by atoms with Gasteiger partial charge in [-0.1, -0.05) is 18.5 Å². The number of hydrogen-bond acceptors (Lipinski definition) is 8. The van der Waals surface area contributed by atoms with Crippen LogP contribution in [0.3, 0.4) is 0 Å². The van der Waals surface area contributed by atoms with Gasteiger partial charge in [-0.05, 0) is 45.2 Å². The number of hydrogen-bond donors (Lipinski definition) is 2. The van der Waals surface area contributed by atoms with E-state index in [2.05, 4.69) is 25.2 Å². The van der Waals surface area contributed by atoms with E-state index in [0.29, 0.717) is 38.3 Å². The van der Waals surface area contributed by atoms with Crippen LogP contribution in [0.5, 0.6) is 0 Å². The zero-order chi connectivity index (χ0) is 29.2. The Morgan fingerprint density at radius 3 is 2.45 bits per heavy atom. The number of nitrogens with zero attached hydrogens (tertiary/aromatic N) is 6. The topological polar surface area (TPSA) is 121 Å². The van der Waals surface area contributed by atoms with Crippen molar-refractivity contribution in [3.05, 3.63) is 40.4 Å². The number of piperidine rings is 1. The molecule has 0 radical (unpaired) electrons. The average molecular weight is 583 g/mol. The molecule has 2 aliphatic rings. The largest absolute Gasteiger partial charge is 0.437 e. The average Bonchev–Trinajstić information content (AvgIpc) is 2.91. The molecule has 0 saturated carbocycles. The van der Waals surface area contributed by atoms with Crippen LogP contribution in [0.25, 0.3) is 0 Å². The van der Waals surface area contributed by atoms with Crippen LogP contribution in [0.1, 0.15) is 66.6 Å². The molecule has 2 aromatic heterocycles. The molecule has 2 amide bonds. The number of nitrogens with two attached hydrogens (primary N) is 1. The highest BCUT2D eigenvalue weighted by Gasteiger charge is 2.41. The van der Waals surface area contributed by atoms with E-state index in [1.165, 1.54) is 6.07 Å². The molecular weight excluding hydrogens is 549 g/mol. The number of rotatable bonds is 6. The first-order valence-electron chi connectivity index (χ1n) is 13.4. The Hall–Kier alpha value is -3.19. The number of halogens is 4. The predicted molar refractivity (Wildman–Crippen MR) is 145 cm³/mol. The Morgan fingerprint density at radius 2 is 1.85 bits per heavy atom. The van der Waals surface area contributed by atoms with Gasteiger partial charge in [-0.15, -0.1) is 0 Å². The summed E-state index contributed by atoms with van der Waals surface area (Å²) in [5, 5.41) is 2.77. The van der Waals surface area contributed by atoms with E-state index in [-0.39, 0.29) is 46.5 Å². The molecule has 2 saturated heterocycles. The highest BCUT2D eigenvalue weighted by Crippen LogP contribution is 2.35. The van der Waals surface area contributed by atoms with Crippen molar-refractivity contribution in [3.8, 4) is 0 Å². The molecule has 0 bridgehead atoms. The highest BCUT2D eigenvalue weighted by molar-refractivity contribution is 6.29. The highest BCUT2D eigenvalue weighted by atomic mass is 35.5. The van der Waals surface area contributed by atoms with E-state index in [0.717, 1.165) is 25.5 Å². The summed E-state index contributed by atoms with van der Waals surface area (Å²) in [7, 11) is 0. The molecule has 3 N–H and O–H groups in total. The number of alkyl halides is 3. The second-order valence-electron chi connectivity index (χ2n) is 10.4. The van der Waals surface area contributed by atoms with E-state index in [1.807, 2.05) is 6.92 Å². The van der Waals surface area contributed by atoms with Gasteiger partial charge in [0.2, 0.25) is 0 Å². The van der Waals surface area contributed by atoms with Gasteiger partial charge in [-0.2, -0.15) is 13.2 Å². The summed E-state index contributed by atoms with van der Waals surface area (Å²) in [6.07, 6.45) is -1.47. The van der Waals surface area contributed by atoms with Gasteiger partial charge in [0, 0.05) is 50.8 Å². The molecule has 2 aromatic rings. The number of likely N-dealkylation sites (tertiary alicyclic amines) is 1. The van der Waals surface area contributed by atoms with Crippen LogP contribution < -0.4 is 16.0 Å². The van der Waals surface area contributed by atoms with Gasteiger partial charge in [0.1, 0.15) is 16.7 Å². The predicted octanol–water partition coefficient (Wildman–Crippen LogP) is 3.47. The van der Waals surface area contributed by atoms with Gasteiger partial charge >= 0.3 is 6.18 Å². The van der Waals surface area contributed by atoms with Crippen LogP contribution in [-0.2, 0) is 6.18 Å². The maximum absolute atomic E-state index is 14.0. The van der Waals surface area contributed by atoms with Crippen molar-refractivity contribution in [2.24, 2.45) is 0 Å². The summed E-state index contributed by atoms with van der Waals surface area (Å²) >= 11 is 5.85. The molecular formula is C26H34ClF3N8O2. The van der Waals surface area contributed by atoms with Crippen molar-refractivity contribution in [3.63, 3.8) is 0 Å². The fraction of sp³-hybridized carbons (Fsp3) is 0.577. The van der Waals surface area contributed by atoms with Gasteiger partial charge in [-0.3, -0.25) is 14.5 Å². The van der Waals surface area contributed by atoms with Crippen LogP contribution in [0.2, 0.25) is 5.15 Å². The number of carbonyl (C=O) groups excluding carboxylic acids is 2. The maximum atomic E-state index is 14.0. The molecule has 4 rings (SSSR count). The standard InChI is InChI=1S/C26H34ClF3N8O2/c1-4-16-14-37(23-21(26(28,29)30)34-19(13-32-23)24(39)33-15(2)3)11-12-38(16)17-7-9-36(10-8-17)25(40)18-5-6-20(27)35-22(18)31/h5-6,13,15-17H,4,7-12,14H2,1-3H3,(H2,31,35)(H,33,39)/t16-/m0/s1. The molecule has 1 atom stereocenters. The number of anilines is 2. The van der Waals surface area contributed by atoms with Crippen LogP contribution in [0.4, 0.5) is 24.8 Å². The molecule has 40 heavy (non-hydrogen) atoms. The van der Waals surface area contributed by atoms with Crippen LogP contribution in [0.15, 0.2) is 18.3 Å². The van der Waals surface area contributed by atoms with Gasteiger partial charge in [0.15, 0.2) is 11.5 Å². The summed E-state index contributed by atoms with van der Waals surface area (Å²) in [6, 6.07) is 3.04. The minimum Gasteiger partial charge on any atom is -0.383 e. The zero-order valence-electron chi connectivity index (χ0n) is 22.7. The van der Waals surface area contributed by atoms with Crippen LogP contribution >= 0.6 is 11.6 Å². The zero-order valence-corrected chi connectivity index (χ0v) is 23.5. The van der Waals surface area contributed by atoms with Crippen molar-refractivity contribution in [1.82, 2.24) is 30.1 Å². The van der Waals surface area contributed by atoms with Gasteiger partial charge in [0.25, 0.3) is 11.8 Å². The number of nitrogen functional groups attached to an aromatic ring is 1. The quantitative estimate of drug-likeness (QED) is 0.497. The van der Waals surface area contributed by atoms with Crippen molar-refractivity contribution < 1.29 is 22.8 Å². The lowest BCUT2D eigenvalue weighted by atomic mass is 9.97. The number of amides is 2. The number of nitrogens with one attached hydrogen (secondary N) is 1. The number of piperazine rings is 1. The molecule has 218 valence electrons. The van der Waals surface area contributed by atoms with E-state index >= 15 is 0 Å². The lowest BCUT2D eigenvalue weighted by Gasteiger charge is -2.47. The molecule has 0 spiro atoms. The summed E-state index contributed by atoms with van der Waals surface area (Å²) < 4.78 is 42.0. The lowest BCUT2D eigenvalue weighted by Crippen LogP contribution is -2.59. The second-order valence-corrected chi connectivity index (χ2v) is 10.8. The molecule has 10 nitrogen and oxygen atoms in total. The van der Waals surface area contributed by atoms with Crippen LogP contribution in [-0.4, -0.2) is 87.4 Å². The fourth-order valence-electron chi connectivity index (χ4n) is 5.36. The van der Waals surface area contributed by atoms with E-state index in [4.69, 9.17) is 17.3 Å². The SMILES string of the molecule is CC[C@H]1CN(c2ncc(C(=O)NC(C)C)nc2C(F)(F)F)CCN1C1CCN(C(=O)c2ccc(Cl)nc2N)CC1. The Labute approximate surface area is 236 Å². The first-order chi connectivity index (χ1) is 18.9. The summed E-state index contributed by atoms with van der Waals surface area (Å²) in [6.45, 7) is 7.71. The summed E-state index contributed by atoms with van der Waals surface area (Å²) in [5.74, 6) is -1.06. The third-order valence-corrected chi connectivity index (χ3v) is 7.53. The van der Waals surface area contributed by atoms with E-state index in [9.17, 15) is 22.8 Å². The van der Waals surface area contributed by atoms with E-state index < -0.39 is 17.8 Å². The molecule has 0 aromatic carbocycles. The molecule has 4 heterocycles. The summed E-state index contributed by atoms with van der Waals surface area (Å²) in [4.78, 5) is 42.7. The Bertz CT molecular complexity index is 1240. The van der Waals surface area contributed by atoms with Crippen molar-refractivity contribution >= 4 is 35.1 Å². The minimum absolute atomic E-state index is 0.0103. The van der Waals surface area contributed by atoms with Crippen molar-refractivity contribution in [1.29, 1.82) is 0 Å². The van der Waals surface area contributed by atoms with Gasteiger partial charge in [-0.25, -0.2) is 15.0 Å². The van der Waals surface area contributed by atoms with Gasteiger partial charge < -0.3 is 20.9 Å². The minimum atomic E-state index is -4.77. The Balaban J connectivity index is 1.44. The lowest BCUT2D eigenvalue weighted by molar-refractivity contribution is -0.141. The first kappa shape index (κ1) is 29.8. The molecule has 2 aliphatic heterocycles.